The Labute approximate surface area is 201 Å². The molecule has 0 spiro atoms. The van der Waals surface area contributed by atoms with Crippen LogP contribution in [0.1, 0.15) is 23.6 Å². The average Bonchev–Trinajstić information content (AvgIpc) is 3.28. The molecule has 180 valence electrons. The number of nitrogens with zero attached hydrogens (tertiary/aromatic N) is 3. The van der Waals surface area contributed by atoms with Crippen LogP contribution in [-0.2, 0) is 11.4 Å². The van der Waals surface area contributed by atoms with Crippen molar-refractivity contribution in [2.24, 2.45) is 11.1 Å². The van der Waals surface area contributed by atoms with E-state index >= 15 is 0 Å². The molecule has 0 amide bonds. The fraction of sp³-hybridized carbons (Fsp3) is 0.444. The Balaban J connectivity index is 1.15. The number of benzene rings is 2. The Bertz CT molecular complexity index is 1060. The van der Waals surface area contributed by atoms with Gasteiger partial charge in [0.25, 0.3) is 0 Å². The molecule has 3 heterocycles. The van der Waals surface area contributed by atoms with Crippen molar-refractivity contribution in [1.82, 2.24) is 9.80 Å². The van der Waals surface area contributed by atoms with Crippen molar-refractivity contribution in [2.45, 2.75) is 19.6 Å². The Morgan fingerprint density at radius 2 is 1.91 bits per heavy atom. The van der Waals surface area contributed by atoms with Gasteiger partial charge in [-0.2, -0.15) is 0 Å². The SMILES string of the molecule is COc1cc2c(cc1CO)OCC1C2=NOC1CN1CCN(C/C(C)=C/c2ccccc2)CC1. The molecule has 1 saturated heterocycles. The number of hydrogen-bond donors (Lipinski definition) is 1. The minimum absolute atomic E-state index is 0.0158. The summed E-state index contributed by atoms with van der Waals surface area (Å²) >= 11 is 0. The molecule has 1 fully saturated rings. The van der Waals surface area contributed by atoms with E-state index in [0.717, 1.165) is 56.3 Å². The quantitative estimate of drug-likeness (QED) is 0.681. The molecule has 3 aliphatic heterocycles. The van der Waals surface area contributed by atoms with Gasteiger partial charge in [0, 0.05) is 50.4 Å². The smallest absolute Gasteiger partial charge is 0.151 e. The summed E-state index contributed by atoms with van der Waals surface area (Å²) in [5, 5.41) is 14.0. The van der Waals surface area contributed by atoms with Gasteiger partial charge in [-0.05, 0) is 24.6 Å². The molecule has 2 unspecified atom stereocenters. The Morgan fingerprint density at radius 1 is 1.15 bits per heavy atom. The lowest BCUT2D eigenvalue weighted by molar-refractivity contribution is 0.0101. The summed E-state index contributed by atoms with van der Waals surface area (Å²) in [5.74, 6) is 1.48. The maximum atomic E-state index is 9.59. The molecule has 1 N–H and O–H groups in total. The minimum atomic E-state index is -0.0948. The average molecular weight is 464 g/mol. The third-order valence-corrected chi connectivity index (χ3v) is 6.92. The molecule has 34 heavy (non-hydrogen) atoms. The van der Waals surface area contributed by atoms with Crippen molar-refractivity contribution in [3.63, 3.8) is 0 Å². The maximum absolute atomic E-state index is 9.59. The summed E-state index contributed by atoms with van der Waals surface area (Å²) in [4.78, 5) is 10.9. The standard InChI is InChI=1S/C27H33N3O4/c1-19(12-20-6-4-3-5-7-20)15-29-8-10-30(11-9-29)16-26-23-18-33-25-13-21(17-31)24(32-2)14-22(25)27(23)28-34-26/h3-7,12-14,23,26,31H,8-11,15-18H2,1-2H3/b19-12+. The first-order valence-corrected chi connectivity index (χ1v) is 12.0. The number of rotatable bonds is 7. The van der Waals surface area contributed by atoms with Crippen LogP contribution in [0.3, 0.4) is 0 Å². The van der Waals surface area contributed by atoms with Gasteiger partial charge in [0.15, 0.2) is 6.10 Å². The van der Waals surface area contributed by atoms with Crippen LogP contribution in [-0.4, -0.2) is 79.7 Å². The zero-order valence-corrected chi connectivity index (χ0v) is 19.9. The summed E-state index contributed by atoms with van der Waals surface area (Å²) in [6.45, 7) is 8.63. The zero-order chi connectivity index (χ0) is 23.5. The van der Waals surface area contributed by atoms with Crippen molar-refractivity contribution in [3.8, 4) is 11.5 Å². The molecule has 2 atom stereocenters. The van der Waals surface area contributed by atoms with Crippen LogP contribution in [0.5, 0.6) is 11.5 Å². The summed E-state index contributed by atoms with van der Waals surface area (Å²) in [6.07, 6.45) is 2.26. The summed E-state index contributed by atoms with van der Waals surface area (Å²) in [7, 11) is 1.61. The zero-order valence-electron chi connectivity index (χ0n) is 19.9. The fourth-order valence-electron chi connectivity index (χ4n) is 5.07. The van der Waals surface area contributed by atoms with E-state index in [-0.39, 0.29) is 18.6 Å². The summed E-state index contributed by atoms with van der Waals surface area (Å²) in [6, 6.07) is 14.3. The highest BCUT2D eigenvalue weighted by atomic mass is 16.6. The number of oxime groups is 1. The fourth-order valence-corrected chi connectivity index (χ4v) is 5.07. The van der Waals surface area contributed by atoms with Gasteiger partial charge >= 0.3 is 0 Å². The highest BCUT2D eigenvalue weighted by Gasteiger charge is 2.41. The van der Waals surface area contributed by atoms with Gasteiger partial charge in [-0.1, -0.05) is 47.1 Å². The highest BCUT2D eigenvalue weighted by Crippen LogP contribution is 2.38. The number of hydrogen-bond acceptors (Lipinski definition) is 7. The Morgan fingerprint density at radius 3 is 2.65 bits per heavy atom. The van der Waals surface area contributed by atoms with E-state index in [1.54, 1.807) is 7.11 Å². The monoisotopic (exact) mass is 463 g/mol. The molecular weight excluding hydrogens is 430 g/mol. The second-order valence-corrected chi connectivity index (χ2v) is 9.33. The van der Waals surface area contributed by atoms with Crippen LogP contribution in [0.2, 0.25) is 0 Å². The minimum Gasteiger partial charge on any atom is -0.496 e. The van der Waals surface area contributed by atoms with Gasteiger partial charge in [0.05, 0.1) is 19.6 Å². The van der Waals surface area contributed by atoms with Gasteiger partial charge in [-0.25, -0.2) is 0 Å². The number of aliphatic hydroxyl groups excluding tert-OH is 1. The second-order valence-electron chi connectivity index (χ2n) is 9.33. The molecule has 0 saturated carbocycles. The van der Waals surface area contributed by atoms with Crippen LogP contribution in [0, 0.1) is 5.92 Å². The van der Waals surface area contributed by atoms with Crippen molar-refractivity contribution in [2.75, 3.05) is 53.0 Å². The van der Waals surface area contributed by atoms with E-state index in [1.165, 1.54) is 11.1 Å². The summed E-state index contributed by atoms with van der Waals surface area (Å²) < 4.78 is 11.5. The van der Waals surface area contributed by atoms with Crippen molar-refractivity contribution in [3.05, 3.63) is 64.7 Å². The van der Waals surface area contributed by atoms with Crippen LogP contribution in [0.4, 0.5) is 0 Å². The van der Waals surface area contributed by atoms with Crippen molar-refractivity contribution in [1.29, 1.82) is 0 Å². The van der Waals surface area contributed by atoms with Crippen molar-refractivity contribution < 1.29 is 19.4 Å². The van der Waals surface area contributed by atoms with Gasteiger partial charge in [0.1, 0.15) is 23.8 Å². The third kappa shape index (κ3) is 4.82. The lowest BCUT2D eigenvalue weighted by Crippen LogP contribution is -2.50. The Kier molecular flexibility index (Phi) is 6.85. The number of ether oxygens (including phenoxy) is 2. The molecule has 0 bridgehead atoms. The molecule has 7 nitrogen and oxygen atoms in total. The van der Waals surface area contributed by atoms with Crippen LogP contribution in [0.15, 0.2) is 53.2 Å². The molecule has 3 aliphatic rings. The molecule has 0 radical (unpaired) electrons. The number of piperazine rings is 1. The molecule has 0 aromatic heterocycles. The predicted octanol–water partition coefficient (Wildman–Crippen LogP) is 3.02. The molecule has 0 aliphatic carbocycles. The molecule has 2 aromatic rings. The van der Waals surface area contributed by atoms with E-state index in [2.05, 4.69) is 58.3 Å². The van der Waals surface area contributed by atoms with E-state index in [0.29, 0.717) is 17.9 Å². The van der Waals surface area contributed by atoms with Crippen LogP contribution >= 0.6 is 0 Å². The normalized spacial score (nSPS) is 22.9. The lowest BCUT2D eigenvalue weighted by Gasteiger charge is -2.36. The second kappa shape index (κ2) is 10.2. The molecular formula is C27H33N3O4. The van der Waals surface area contributed by atoms with Gasteiger partial charge < -0.3 is 19.4 Å². The first-order chi connectivity index (χ1) is 16.6. The first kappa shape index (κ1) is 22.9. The van der Waals surface area contributed by atoms with Crippen LogP contribution in [0.25, 0.3) is 6.08 Å². The van der Waals surface area contributed by atoms with Gasteiger partial charge in [-0.15, -0.1) is 0 Å². The summed E-state index contributed by atoms with van der Waals surface area (Å²) in [5.41, 5.74) is 5.18. The molecule has 2 aromatic carbocycles. The molecule has 5 rings (SSSR count). The number of aliphatic hydroxyl groups is 1. The highest BCUT2D eigenvalue weighted by molar-refractivity contribution is 6.06. The lowest BCUT2D eigenvalue weighted by atomic mass is 9.89. The van der Waals surface area contributed by atoms with Gasteiger partial charge in [-0.3, -0.25) is 9.80 Å². The van der Waals surface area contributed by atoms with E-state index < -0.39 is 0 Å². The van der Waals surface area contributed by atoms with E-state index in [1.807, 2.05) is 12.1 Å². The maximum Gasteiger partial charge on any atom is 0.151 e. The number of methoxy groups -OCH3 is 1. The van der Waals surface area contributed by atoms with Crippen LogP contribution < -0.4 is 9.47 Å². The van der Waals surface area contributed by atoms with Gasteiger partial charge in [0.2, 0.25) is 0 Å². The number of fused-ring (bicyclic) bond motifs is 3. The molecule has 7 heteroatoms. The predicted molar refractivity (Wildman–Crippen MR) is 132 cm³/mol. The van der Waals surface area contributed by atoms with Crippen molar-refractivity contribution >= 4 is 11.8 Å². The topological polar surface area (TPSA) is 66.8 Å². The third-order valence-electron chi connectivity index (χ3n) is 6.92. The largest absolute Gasteiger partial charge is 0.496 e. The van der Waals surface area contributed by atoms with E-state index in [9.17, 15) is 5.11 Å². The van der Waals surface area contributed by atoms with E-state index in [4.69, 9.17) is 14.3 Å². The first-order valence-electron chi connectivity index (χ1n) is 12.0. The Hall–Kier alpha value is -2.87.